The van der Waals surface area contributed by atoms with E-state index in [4.69, 9.17) is 21.7 Å². The summed E-state index contributed by atoms with van der Waals surface area (Å²) in [5.74, 6) is 0.694. The van der Waals surface area contributed by atoms with E-state index in [0.717, 1.165) is 30.4 Å². The van der Waals surface area contributed by atoms with Crippen molar-refractivity contribution in [2.45, 2.75) is 31.9 Å². The Bertz CT molecular complexity index is 864. The molecule has 3 rings (SSSR count). The number of hydrogen-bond acceptors (Lipinski definition) is 5. The van der Waals surface area contributed by atoms with Crippen molar-refractivity contribution in [3.63, 3.8) is 0 Å². The molecular weight excluding hydrogens is 378 g/mol. The largest absolute Gasteiger partial charge is 0.497 e. The molecule has 0 aliphatic carbocycles. The fourth-order valence-corrected chi connectivity index (χ4v) is 3.55. The second-order valence-electron chi connectivity index (χ2n) is 6.90. The molecule has 0 spiro atoms. The molecule has 1 aromatic carbocycles. The van der Waals surface area contributed by atoms with Gasteiger partial charge in [0.1, 0.15) is 5.75 Å². The molecule has 1 atom stereocenters. The SMILES string of the molecule is COc1ccc2cc(CN(CCCO)C(=S)NCC3CCCO3)c(=O)[nH]c2c1. The Kier molecular flexibility index (Phi) is 7.24. The van der Waals surface area contributed by atoms with Gasteiger partial charge >= 0.3 is 0 Å². The topological polar surface area (TPSA) is 86.8 Å². The van der Waals surface area contributed by atoms with Crippen molar-refractivity contribution in [3.05, 3.63) is 40.2 Å². The summed E-state index contributed by atoms with van der Waals surface area (Å²) < 4.78 is 10.8. The van der Waals surface area contributed by atoms with Crippen LogP contribution in [0.4, 0.5) is 0 Å². The Morgan fingerprint density at radius 2 is 2.32 bits per heavy atom. The van der Waals surface area contributed by atoms with E-state index in [9.17, 15) is 9.90 Å². The number of nitrogens with zero attached hydrogens (tertiary/aromatic N) is 1. The highest BCUT2D eigenvalue weighted by molar-refractivity contribution is 7.80. The highest BCUT2D eigenvalue weighted by atomic mass is 32.1. The van der Waals surface area contributed by atoms with Gasteiger partial charge in [0.2, 0.25) is 0 Å². The van der Waals surface area contributed by atoms with Crippen LogP contribution in [0.5, 0.6) is 5.75 Å². The molecule has 0 bridgehead atoms. The highest BCUT2D eigenvalue weighted by Gasteiger charge is 2.18. The van der Waals surface area contributed by atoms with Gasteiger partial charge in [0.25, 0.3) is 5.56 Å². The van der Waals surface area contributed by atoms with Crippen molar-refractivity contribution < 1.29 is 14.6 Å². The Labute approximate surface area is 169 Å². The van der Waals surface area contributed by atoms with E-state index in [0.29, 0.717) is 42.5 Å². The molecule has 152 valence electrons. The first-order valence-corrected chi connectivity index (χ1v) is 9.96. The molecule has 28 heavy (non-hydrogen) atoms. The second kappa shape index (κ2) is 9.86. The summed E-state index contributed by atoms with van der Waals surface area (Å²) in [7, 11) is 1.59. The number of aromatic amines is 1. The number of nitrogens with one attached hydrogen (secondary N) is 2. The third-order valence-corrected chi connectivity index (χ3v) is 5.27. The van der Waals surface area contributed by atoms with Gasteiger partial charge in [0, 0.05) is 37.9 Å². The highest BCUT2D eigenvalue weighted by Crippen LogP contribution is 2.19. The number of fused-ring (bicyclic) bond motifs is 1. The Morgan fingerprint density at radius 1 is 1.46 bits per heavy atom. The van der Waals surface area contributed by atoms with Crippen LogP contribution in [0, 0.1) is 0 Å². The smallest absolute Gasteiger partial charge is 0.253 e. The van der Waals surface area contributed by atoms with Gasteiger partial charge in [-0.05, 0) is 55.1 Å². The van der Waals surface area contributed by atoms with Crippen LogP contribution >= 0.6 is 12.2 Å². The molecule has 1 aliphatic heterocycles. The number of thiocarbonyl (C=S) groups is 1. The van der Waals surface area contributed by atoms with E-state index < -0.39 is 0 Å². The number of ether oxygens (including phenoxy) is 2. The van der Waals surface area contributed by atoms with Crippen LogP contribution in [0.2, 0.25) is 0 Å². The fourth-order valence-electron chi connectivity index (χ4n) is 3.31. The number of aliphatic hydroxyl groups excluding tert-OH is 1. The maximum atomic E-state index is 12.6. The van der Waals surface area contributed by atoms with Crippen molar-refractivity contribution in [2.24, 2.45) is 0 Å². The number of H-pyrrole nitrogens is 1. The molecular formula is C20H27N3O4S. The van der Waals surface area contributed by atoms with Gasteiger partial charge in [-0.1, -0.05) is 0 Å². The Hall–Kier alpha value is -2.16. The van der Waals surface area contributed by atoms with Crippen molar-refractivity contribution in [3.8, 4) is 5.75 Å². The zero-order valence-electron chi connectivity index (χ0n) is 16.1. The molecule has 8 heteroatoms. The number of aliphatic hydroxyl groups is 1. The van der Waals surface area contributed by atoms with Crippen molar-refractivity contribution in [1.29, 1.82) is 0 Å². The first-order chi connectivity index (χ1) is 13.6. The molecule has 1 unspecified atom stereocenters. The second-order valence-corrected chi connectivity index (χ2v) is 7.28. The summed E-state index contributed by atoms with van der Waals surface area (Å²) in [4.78, 5) is 17.4. The quantitative estimate of drug-likeness (QED) is 0.577. The molecule has 2 aromatic rings. The molecule has 1 aromatic heterocycles. The maximum Gasteiger partial charge on any atom is 0.253 e. The lowest BCUT2D eigenvalue weighted by Crippen LogP contribution is -2.43. The first-order valence-electron chi connectivity index (χ1n) is 9.56. The van der Waals surface area contributed by atoms with E-state index in [1.165, 1.54) is 0 Å². The number of pyridine rings is 1. The third-order valence-electron chi connectivity index (χ3n) is 4.87. The van der Waals surface area contributed by atoms with Crippen LogP contribution in [0.1, 0.15) is 24.8 Å². The van der Waals surface area contributed by atoms with E-state index in [2.05, 4.69) is 10.3 Å². The van der Waals surface area contributed by atoms with Crippen molar-refractivity contribution in [1.82, 2.24) is 15.2 Å². The zero-order chi connectivity index (χ0) is 19.9. The van der Waals surface area contributed by atoms with Gasteiger partial charge in [0.05, 0.1) is 25.3 Å². The van der Waals surface area contributed by atoms with Crippen LogP contribution in [-0.2, 0) is 11.3 Å². The van der Waals surface area contributed by atoms with Gasteiger partial charge in [-0.2, -0.15) is 0 Å². The number of aromatic nitrogens is 1. The standard InChI is InChI=1S/C20H27N3O4S/c1-26-16-6-5-14-10-15(19(25)22-18(14)11-16)13-23(7-3-8-24)20(28)21-12-17-4-2-9-27-17/h5-6,10-11,17,24H,2-4,7-9,12-13H2,1H3,(H,21,28)(H,22,25). The number of rotatable bonds is 8. The van der Waals surface area contributed by atoms with Gasteiger partial charge in [-0.3, -0.25) is 4.79 Å². The molecule has 1 aliphatic rings. The first kappa shape index (κ1) is 20.6. The average molecular weight is 406 g/mol. The number of methoxy groups -OCH3 is 1. The summed E-state index contributed by atoms with van der Waals surface area (Å²) in [6.45, 7) is 2.45. The lowest BCUT2D eigenvalue weighted by molar-refractivity contribution is 0.113. The maximum absolute atomic E-state index is 12.6. The zero-order valence-corrected chi connectivity index (χ0v) is 16.9. The normalized spacial score (nSPS) is 16.3. The van der Waals surface area contributed by atoms with E-state index in [1.807, 2.05) is 23.1 Å². The predicted octanol–water partition coefficient (Wildman–Crippen LogP) is 1.77. The average Bonchev–Trinajstić information content (AvgIpc) is 3.22. The monoisotopic (exact) mass is 405 g/mol. The summed E-state index contributed by atoms with van der Waals surface area (Å²) >= 11 is 5.54. The molecule has 3 N–H and O–H groups in total. The van der Waals surface area contributed by atoms with Gasteiger partial charge in [0.15, 0.2) is 5.11 Å². The summed E-state index contributed by atoms with van der Waals surface area (Å²) in [6.07, 6.45) is 2.85. The Balaban J connectivity index is 1.74. The van der Waals surface area contributed by atoms with E-state index in [1.54, 1.807) is 13.2 Å². The van der Waals surface area contributed by atoms with Crippen LogP contribution in [0.25, 0.3) is 10.9 Å². The molecule has 0 saturated carbocycles. The van der Waals surface area contributed by atoms with Crippen molar-refractivity contribution >= 4 is 28.2 Å². The minimum atomic E-state index is -0.156. The van der Waals surface area contributed by atoms with Crippen LogP contribution < -0.4 is 15.6 Å². The lowest BCUT2D eigenvalue weighted by atomic mass is 10.1. The fraction of sp³-hybridized carbons (Fsp3) is 0.500. The minimum absolute atomic E-state index is 0.0682. The van der Waals surface area contributed by atoms with E-state index >= 15 is 0 Å². The van der Waals surface area contributed by atoms with E-state index in [-0.39, 0.29) is 18.3 Å². The van der Waals surface area contributed by atoms with Crippen LogP contribution in [-0.4, -0.2) is 59.6 Å². The van der Waals surface area contributed by atoms with Gasteiger partial charge in [-0.25, -0.2) is 0 Å². The minimum Gasteiger partial charge on any atom is -0.497 e. The summed E-state index contributed by atoms with van der Waals surface area (Å²) in [5.41, 5.74) is 1.20. The molecule has 2 heterocycles. The lowest BCUT2D eigenvalue weighted by Gasteiger charge is -2.26. The molecule has 1 saturated heterocycles. The van der Waals surface area contributed by atoms with Crippen LogP contribution in [0.15, 0.2) is 29.1 Å². The van der Waals surface area contributed by atoms with Crippen molar-refractivity contribution in [2.75, 3.05) is 33.4 Å². The molecule has 0 amide bonds. The number of benzene rings is 1. The number of hydrogen-bond donors (Lipinski definition) is 3. The van der Waals surface area contributed by atoms with Gasteiger partial charge < -0.3 is 29.8 Å². The molecule has 7 nitrogen and oxygen atoms in total. The molecule has 1 fully saturated rings. The van der Waals surface area contributed by atoms with Crippen LogP contribution in [0.3, 0.4) is 0 Å². The third kappa shape index (κ3) is 5.21. The molecule has 0 radical (unpaired) electrons. The Morgan fingerprint density at radius 3 is 3.04 bits per heavy atom. The summed E-state index contributed by atoms with van der Waals surface area (Å²) in [6, 6.07) is 7.46. The predicted molar refractivity (Wildman–Crippen MR) is 113 cm³/mol. The summed E-state index contributed by atoms with van der Waals surface area (Å²) in [5, 5.41) is 14.0. The van der Waals surface area contributed by atoms with Gasteiger partial charge in [-0.15, -0.1) is 0 Å².